The third-order valence-corrected chi connectivity index (χ3v) is 2.93. The minimum Gasteiger partial charge on any atom is -0.465 e. The molecule has 1 aromatic heterocycles. The molecule has 0 aliphatic carbocycles. The zero-order valence-corrected chi connectivity index (χ0v) is 11.6. The number of aryl methyl sites for hydroxylation is 1. The molecule has 0 atom stereocenters. The van der Waals surface area contributed by atoms with Crippen molar-refractivity contribution in [2.75, 3.05) is 12.4 Å². The number of benzene rings is 1. The maximum atomic E-state index is 12.2. The van der Waals surface area contributed by atoms with Gasteiger partial charge in [0.25, 0.3) is 5.91 Å². The maximum Gasteiger partial charge on any atom is 0.339 e. The van der Waals surface area contributed by atoms with Crippen molar-refractivity contribution < 1.29 is 14.3 Å². The van der Waals surface area contributed by atoms with Gasteiger partial charge in [-0.2, -0.15) is 0 Å². The topological polar surface area (TPSA) is 77.4 Å². The number of nitrogens with one attached hydrogen (secondary N) is 1. The van der Waals surface area contributed by atoms with E-state index in [-0.39, 0.29) is 11.1 Å². The Bertz CT molecular complexity index is 749. The summed E-state index contributed by atoms with van der Waals surface area (Å²) in [7, 11) is 2.83. The number of hydrogen-bond acceptors (Lipinski definition) is 4. The second kappa shape index (κ2) is 6.04. The van der Waals surface area contributed by atoms with E-state index in [4.69, 9.17) is 0 Å². The molecule has 1 heterocycles. The summed E-state index contributed by atoms with van der Waals surface area (Å²) in [6.07, 6.45) is 1.43. The molecule has 108 valence electrons. The minimum absolute atomic E-state index is 0.207. The summed E-state index contributed by atoms with van der Waals surface area (Å²) >= 11 is 0. The number of nitrogens with zero attached hydrogens (tertiary/aromatic N) is 1. The molecule has 0 saturated carbocycles. The van der Waals surface area contributed by atoms with E-state index in [2.05, 4.69) is 10.1 Å². The minimum atomic E-state index is -0.536. The molecule has 0 spiro atoms. The highest BCUT2D eigenvalue weighted by Crippen LogP contribution is 2.16. The van der Waals surface area contributed by atoms with E-state index in [1.165, 1.54) is 30.0 Å². The number of pyridine rings is 1. The number of esters is 1. The molecule has 6 heteroatoms. The molecule has 1 amide bonds. The number of rotatable bonds is 3. The number of aromatic nitrogens is 1. The summed E-state index contributed by atoms with van der Waals surface area (Å²) in [6, 6.07) is 9.27. The number of hydrogen-bond donors (Lipinski definition) is 1. The molecule has 2 rings (SSSR count). The van der Waals surface area contributed by atoms with Gasteiger partial charge >= 0.3 is 5.97 Å². The van der Waals surface area contributed by atoms with Gasteiger partial charge < -0.3 is 14.6 Å². The molecule has 0 fully saturated rings. The van der Waals surface area contributed by atoms with Crippen molar-refractivity contribution in [1.29, 1.82) is 0 Å². The average molecular weight is 286 g/mol. The summed E-state index contributed by atoms with van der Waals surface area (Å²) in [5, 5.41) is 2.63. The lowest BCUT2D eigenvalue weighted by Crippen LogP contribution is -2.20. The van der Waals surface area contributed by atoms with E-state index < -0.39 is 11.9 Å². The molecule has 1 aromatic carbocycles. The zero-order valence-electron chi connectivity index (χ0n) is 11.6. The molecule has 0 radical (unpaired) electrons. The molecular formula is C15H14N2O4. The number of para-hydroxylation sites is 1. The Morgan fingerprint density at radius 1 is 1.14 bits per heavy atom. The van der Waals surface area contributed by atoms with E-state index in [9.17, 15) is 14.4 Å². The first kappa shape index (κ1) is 14.5. The van der Waals surface area contributed by atoms with Crippen LogP contribution in [-0.4, -0.2) is 23.6 Å². The molecule has 0 bridgehead atoms. The molecular weight excluding hydrogens is 272 g/mol. The van der Waals surface area contributed by atoms with Crippen molar-refractivity contribution in [3.05, 3.63) is 64.1 Å². The van der Waals surface area contributed by atoms with E-state index in [1.54, 1.807) is 31.3 Å². The van der Waals surface area contributed by atoms with Gasteiger partial charge in [0.2, 0.25) is 5.56 Å². The third kappa shape index (κ3) is 3.17. The van der Waals surface area contributed by atoms with Gasteiger partial charge in [-0.1, -0.05) is 12.1 Å². The predicted octanol–water partition coefficient (Wildman–Crippen LogP) is 1.42. The molecule has 0 saturated heterocycles. The number of carbonyl (C=O) groups excluding carboxylic acids is 2. The van der Waals surface area contributed by atoms with Crippen LogP contribution < -0.4 is 10.9 Å². The van der Waals surface area contributed by atoms with Crippen molar-refractivity contribution in [3.63, 3.8) is 0 Å². The second-order valence-electron chi connectivity index (χ2n) is 4.36. The zero-order chi connectivity index (χ0) is 15.4. The van der Waals surface area contributed by atoms with Gasteiger partial charge in [-0.15, -0.1) is 0 Å². The van der Waals surface area contributed by atoms with E-state index in [0.29, 0.717) is 11.3 Å². The van der Waals surface area contributed by atoms with Crippen LogP contribution in [0.25, 0.3) is 0 Å². The van der Waals surface area contributed by atoms with Crippen LogP contribution in [0.15, 0.2) is 47.4 Å². The monoisotopic (exact) mass is 286 g/mol. The Morgan fingerprint density at radius 3 is 2.52 bits per heavy atom. The van der Waals surface area contributed by atoms with Crippen LogP contribution in [0.5, 0.6) is 0 Å². The molecule has 6 nitrogen and oxygen atoms in total. The number of ether oxygens (including phenoxy) is 1. The van der Waals surface area contributed by atoms with Crippen molar-refractivity contribution in [3.8, 4) is 0 Å². The van der Waals surface area contributed by atoms with Crippen molar-refractivity contribution in [2.24, 2.45) is 7.05 Å². The molecule has 1 N–H and O–H groups in total. The number of methoxy groups -OCH3 is 1. The van der Waals surface area contributed by atoms with Crippen molar-refractivity contribution in [1.82, 2.24) is 4.57 Å². The fraction of sp³-hybridized carbons (Fsp3) is 0.133. The highest BCUT2D eigenvalue weighted by Gasteiger charge is 2.14. The standard InChI is InChI=1S/C15H14N2O4/c1-17-9-10(7-8-13(17)18)14(19)16-12-6-4-3-5-11(12)15(20)21-2/h3-9H,1-2H3,(H,16,19). The summed E-state index contributed by atoms with van der Waals surface area (Å²) in [5.74, 6) is -0.951. The van der Waals surface area contributed by atoms with Crippen LogP contribution in [-0.2, 0) is 11.8 Å². The quantitative estimate of drug-likeness (QED) is 0.866. The lowest BCUT2D eigenvalue weighted by Gasteiger charge is -2.10. The highest BCUT2D eigenvalue weighted by molar-refractivity contribution is 6.07. The SMILES string of the molecule is COC(=O)c1ccccc1NC(=O)c1ccc(=O)n(C)c1. The summed E-state index contributed by atoms with van der Waals surface area (Å²) < 4.78 is 5.97. The normalized spacial score (nSPS) is 10.0. The van der Waals surface area contributed by atoms with Gasteiger partial charge in [0.05, 0.1) is 23.9 Å². The van der Waals surface area contributed by atoms with E-state index in [0.717, 1.165) is 0 Å². The van der Waals surface area contributed by atoms with Gasteiger partial charge in [-0.05, 0) is 18.2 Å². The van der Waals surface area contributed by atoms with Crippen molar-refractivity contribution in [2.45, 2.75) is 0 Å². The number of carbonyl (C=O) groups is 2. The van der Waals surface area contributed by atoms with Gasteiger partial charge in [0.15, 0.2) is 0 Å². The Labute approximate surface area is 121 Å². The maximum absolute atomic E-state index is 12.2. The Hall–Kier alpha value is -2.89. The third-order valence-electron chi connectivity index (χ3n) is 2.93. The fourth-order valence-electron chi connectivity index (χ4n) is 1.80. The Balaban J connectivity index is 2.29. The van der Waals surface area contributed by atoms with Crippen LogP contribution in [0.4, 0.5) is 5.69 Å². The van der Waals surface area contributed by atoms with Crippen LogP contribution in [0.1, 0.15) is 20.7 Å². The first-order valence-electron chi connectivity index (χ1n) is 6.18. The molecule has 0 unspecified atom stereocenters. The van der Waals surface area contributed by atoms with E-state index >= 15 is 0 Å². The van der Waals surface area contributed by atoms with Gasteiger partial charge in [-0.3, -0.25) is 9.59 Å². The molecule has 2 aromatic rings. The van der Waals surface area contributed by atoms with Crippen LogP contribution >= 0.6 is 0 Å². The molecule has 21 heavy (non-hydrogen) atoms. The average Bonchev–Trinajstić information content (AvgIpc) is 2.49. The fourth-order valence-corrected chi connectivity index (χ4v) is 1.80. The van der Waals surface area contributed by atoms with Crippen LogP contribution in [0.2, 0.25) is 0 Å². The Morgan fingerprint density at radius 2 is 1.86 bits per heavy atom. The van der Waals surface area contributed by atoms with Gasteiger partial charge in [0, 0.05) is 19.3 Å². The number of anilines is 1. The summed E-state index contributed by atoms with van der Waals surface area (Å²) in [4.78, 5) is 35.1. The highest BCUT2D eigenvalue weighted by atomic mass is 16.5. The Kier molecular flexibility index (Phi) is 4.18. The number of amides is 1. The lowest BCUT2D eigenvalue weighted by molar-refractivity contribution is 0.0602. The van der Waals surface area contributed by atoms with Gasteiger partial charge in [-0.25, -0.2) is 4.79 Å². The largest absolute Gasteiger partial charge is 0.465 e. The van der Waals surface area contributed by atoms with Crippen LogP contribution in [0, 0.1) is 0 Å². The first-order chi connectivity index (χ1) is 10.0. The second-order valence-corrected chi connectivity index (χ2v) is 4.36. The summed E-state index contributed by atoms with van der Waals surface area (Å²) in [5.41, 5.74) is 0.722. The molecule has 0 aliphatic heterocycles. The lowest BCUT2D eigenvalue weighted by atomic mass is 10.1. The summed E-state index contributed by atoms with van der Waals surface area (Å²) in [6.45, 7) is 0. The van der Waals surface area contributed by atoms with Gasteiger partial charge in [0.1, 0.15) is 0 Å². The van der Waals surface area contributed by atoms with Crippen molar-refractivity contribution >= 4 is 17.6 Å². The van der Waals surface area contributed by atoms with E-state index in [1.807, 2.05) is 0 Å². The molecule has 0 aliphatic rings. The smallest absolute Gasteiger partial charge is 0.339 e. The first-order valence-corrected chi connectivity index (χ1v) is 6.18. The predicted molar refractivity (Wildman–Crippen MR) is 77.4 cm³/mol. The van der Waals surface area contributed by atoms with Crippen LogP contribution in [0.3, 0.4) is 0 Å².